The van der Waals surface area contributed by atoms with Gasteiger partial charge in [0.1, 0.15) is 0 Å². The first kappa shape index (κ1) is 25.6. The Kier molecular flexibility index (Phi) is 7.17. The summed E-state index contributed by atoms with van der Waals surface area (Å²) in [7, 11) is 1.85. The molecule has 0 saturated carbocycles. The number of nitrogens with zero attached hydrogens (tertiary/aromatic N) is 10. The third-order valence-corrected chi connectivity index (χ3v) is 7.05. The van der Waals surface area contributed by atoms with E-state index in [1.165, 1.54) is 30.9 Å². The van der Waals surface area contributed by atoms with Crippen LogP contribution in [0.5, 0.6) is 0 Å². The molecule has 0 amide bonds. The number of aryl methyl sites for hydroxylation is 1. The van der Waals surface area contributed by atoms with E-state index in [9.17, 15) is 0 Å². The molecule has 0 aliphatic carbocycles. The van der Waals surface area contributed by atoms with E-state index in [1.54, 1.807) is 17.1 Å². The number of hydrazine groups is 1. The summed E-state index contributed by atoms with van der Waals surface area (Å²) in [4.78, 5) is 20.7. The molecule has 204 valence electrons. The number of hydrogen-bond acceptors (Lipinski definition) is 10. The van der Waals surface area contributed by atoms with E-state index >= 15 is 0 Å². The molecule has 12 nitrogen and oxygen atoms in total. The SMILES string of the molecule is Cn1cc(-c2cnc(N)c(N(N)Cc3cccc(-c4ncc(-c5cnn(CCN6CCCC6)c5)cn4)c3)n2)cn1. The molecule has 1 aliphatic heterocycles. The standard InChI is InChI=1S/C28H32N12/c1-37-18-24(15-34-37)25-16-31-26(29)28(36-25)40(30)17-20-5-4-6-21(11-20)27-32-12-22(13-33-27)23-14-35-39(19-23)10-9-38-7-2-3-8-38/h4-6,11-16,18-19H,2-3,7-10,17,30H2,1H3,(H2,29,31). The summed E-state index contributed by atoms with van der Waals surface area (Å²) in [6, 6.07) is 7.94. The number of aromatic nitrogens is 8. The van der Waals surface area contributed by atoms with Crippen LogP contribution in [-0.2, 0) is 20.1 Å². The lowest BCUT2D eigenvalue weighted by Crippen LogP contribution is -2.32. The molecule has 1 saturated heterocycles. The zero-order valence-corrected chi connectivity index (χ0v) is 22.4. The number of nitrogen functional groups attached to an aromatic ring is 1. The Morgan fingerprint density at radius 1 is 0.850 bits per heavy atom. The van der Waals surface area contributed by atoms with Crippen LogP contribution in [0.1, 0.15) is 18.4 Å². The van der Waals surface area contributed by atoms with Crippen molar-refractivity contribution < 1.29 is 0 Å². The maximum absolute atomic E-state index is 6.40. The van der Waals surface area contributed by atoms with E-state index in [1.807, 2.05) is 60.8 Å². The quantitative estimate of drug-likeness (QED) is 0.213. The summed E-state index contributed by atoms with van der Waals surface area (Å²) >= 11 is 0. The normalized spacial score (nSPS) is 13.7. The lowest BCUT2D eigenvalue weighted by molar-refractivity contribution is 0.316. The van der Waals surface area contributed by atoms with Crippen molar-refractivity contribution in [2.45, 2.75) is 25.9 Å². The predicted octanol–water partition coefficient (Wildman–Crippen LogP) is 2.76. The first-order valence-corrected chi connectivity index (χ1v) is 13.3. The van der Waals surface area contributed by atoms with Crippen molar-refractivity contribution in [1.82, 2.24) is 44.4 Å². The minimum absolute atomic E-state index is 0.254. The van der Waals surface area contributed by atoms with Crippen molar-refractivity contribution in [1.29, 1.82) is 0 Å². The maximum Gasteiger partial charge on any atom is 0.186 e. The molecule has 1 aliphatic rings. The number of hydrogen-bond donors (Lipinski definition) is 2. The van der Waals surface area contributed by atoms with Gasteiger partial charge in [0.05, 0.1) is 37.4 Å². The number of likely N-dealkylation sites (tertiary alicyclic amines) is 1. The second kappa shape index (κ2) is 11.2. The van der Waals surface area contributed by atoms with Gasteiger partial charge >= 0.3 is 0 Å². The fourth-order valence-corrected chi connectivity index (χ4v) is 4.88. The number of rotatable bonds is 9. The summed E-state index contributed by atoms with van der Waals surface area (Å²) < 4.78 is 3.70. The second-order valence-electron chi connectivity index (χ2n) is 10.0. The molecule has 12 heteroatoms. The van der Waals surface area contributed by atoms with E-state index < -0.39 is 0 Å². The van der Waals surface area contributed by atoms with Crippen molar-refractivity contribution in [2.75, 3.05) is 30.4 Å². The summed E-state index contributed by atoms with van der Waals surface area (Å²) in [6.45, 7) is 4.67. The first-order chi connectivity index (χ1) is 19.5. The molecule has 5 aromatic rings. The molecule has 5 heterocycles. The Morgan fingerprint density at radius 2 is 1.65 bits per heavy atom. The minimum Gasteiger partial charge on any atom is -0.381 e. The highest BCUT2D eigenvalue weighted by Crippen LogP contribution is 2.25. The molecule has 0 radical (unpaired) electrons. The second-order valence-corrected chi connectivity index (χ2v) is 10.0. The molecule has 0 spiro atoms. The van der Waals surface area contributed by atoms with Crippen molar-refractivity contribution in [2.24, 2.45) is 12.9 Å². The molecule has 0 bridgehead atoms. The highest BCUT2D eigenvalue weighted by Gasteiger charge is 2.15. The van der Waals surface area contributed by atoms with Gasteiger partial charge in [-0.2, -0.15) is 10.2 Å². The zero-order chi connectivity index (χ0) is 27.5. The van der Waals surface area contributed by atoms with Gasteiger partial charge in [0, 0.05) is 60.6 Å². The van der Waals surface area contributed by atoms with Crippen LogP contribution in [0.3, 0.4) is 0 Å². The van der Waals surface area contributed by atoms with Gasteiger partial charge in [0.25, 0.3) is 0 Å². The molecule has 4 aromatic heterocycles. The molecule has 40 heavy (non-hydrogen) atoms. The van der Waals surface area contributed by atoms with Crippen LogP contribution in [0.2, 0.25) is 0 Å². The van der Waals surface area contributed by atoms with E-state index in [-0.39, 0.29) is 5.82 Å². The molecule has 0 atom stereocenters. The minimum atomic E-state index is 0.254. The average Bonchev–Trinajstić information content (AvgIpc) is 3.75. The zero-order valence-electron chi connectivity index (χ0n) is 22.4. The Morgan fingerprint density at radius 3 is 2.42 bits per heavy atom. The van der Waals surface area contributed by atoms with Gasteiger partial charge in [0.2, 0.25) is 0 Å². The van der Waals surface area contributed by atoms with Gasteiger partial charge in [-0.25, -0.2) is 25.8 Å². The molecule has 0 unspecified atom stereocenters. The van der Waals surface area contributed by atoms with Crippen LogP contribution in [0.4, 0.5) is 11.6 Å². The Balaban J connectivity index is 1.13. The monoisotopic (exact) mass is 536 g/mol. The summed E-state index contributed by atoms with van der Waals surface area (Å²) in [6.07, 6.45) is 15.4. The van der Waals surface area contributed by atoms with E-state index in [4.69, 9.17) is 11.6 Å². The Bertz CT molecular complexity index is 1580. The highest BCUT2D eigenvalue weighted by molar-refractivity contribution is 5.66. The van der Waals surface area contributed by atoms with Gasteiger partial charge in [-0.3, -0.25) is 14.4 Å². The topological polar surface area (TPSA) is 146 Å². The molecule has 6 rings (SSSR count). The van der Waals surface area contributed by atoms with Crippen molar-refractivity contribution in [3.05, 3.63) is 73.2 Å². The fraction of sp³-hybridized carbons (Fsp3) is 0.286. The van der Waals surface area contributed by atoms with Crippen molar-refractivity contribution in [3.63, 3.8) is 0 Å². The largest absolute Gasteiger partial charge is 0.381 e. The van der Waals surface area contributed by atoms with Crippen LogP contribution in [0, 0.1) is 0 Å². The van der Waals surface area contributed by atoms with Gasteiger partial charge in [-0.15, -0.1) is 0 Å². The molecular formula is C28H32N12. The third-order valence-electron chi connectivity index (χ3n) is 7.05. The van der Waals surface area contributed by atoms with E-state index in [0.29, 0.717) is 23.9 Å². The third kappa shape index (κ3) is 5.67. The Hall–Kier alpha value is -4.68. The highest BCUT2D eigenvalue weighted by atomic mass is 15.4. The van der Waals surface area contributed by atoms with Crippen LogP contribution >= 0.6 is 0 Å². The van der Waals surface area contributed by atoms with Crippen molar-refractivity contribution in [3.8, 4) is 33.8 Å². The predicted molar refractivity (Wildman–Crippen MR) is 153 cm³/mol. The number of benzene rings is 1. The summed E-state index contributed by atoms with van der Waals surface area (Å²) in [5.41, 5.74) is 11.4. The van der Waals surface area contributed by atoms with E-state index in [0.717, 1.165) is 40.9 Å². The van der Waals surface area contributed by atoms with Crippen LogP contribution in [0.25, 0.3) is 33.8 Å². The van der Waals surface area contributed by atoms with Crippen LogP contribution in [-0.4, -0.2) is 64.0 Å². The molecule has 1 aromatic carbocycles. The fourth-order valence-electron chi connectivity index (χ4n) is 4.88. The van der Waals surface area contributed by atoms with Crippen molar-refractivity contribution >= 4 is 11.6 Å². The Labute approximate surface area is 232 Å². The smallest absolute Gasteiger partial charge is 0.186 e. The van der Waals surface area contributed by atoms with Gasteiger partial charge < -0.3 is 10.6 Å². The number of anilines is 2. The molecular weight excluding hydrogens is 504 g/mol. The summed E-state index contributed by atoms with van der Waals surface area (Å²) in [5.74, 6) is 7.68. The maximum atomic E-state index is 6.40. The first-order valence-electron chi connectivity index (χ1n) is 13.3. The molecule has 1 fully saturated rings. The van der Waals surface area contributed by atoms with Gasteiger partial charge in [-0.1, -0.05) is 18.2 Å². The summed E-state index contributed by atoms with van der Waals surface area (Å²) in [5, 5.41) is 10.2. The van der Waals surface area contributed by atoms with E-state index in [2.05, 4.69) is 41.2 Å². The average molecular weight is 537 g/mol. The number of nitrogens with two attached hydrogens (primary N) is 2. The van der Waals surface area contributed by atoms with Crippen LogP contribution < -0.4 is 16.6 Å². The van der Waals surface area contributed by atoms with Crippen LogP contribution in [0.15, 0.2) is 67.6 Å². The van der Waals surface area contributed by atoms with Gasteiger partial charge in [-0.05, 0) is 37.6 Å². The molecule has 4 N–H and O–H groups in total. The lowest BCUT2D eigenvalue weighted by Gasteiger charge is -2.19. The van der Waals surface area contributed by atoms with Gasteiger partial charge in [0.15, 0.2) is 17.5 Å². The lowest BCUT2D eigenvalue weighted by atomic mass is 10.1.